The summed E-state index contributed by atoms with van der Waals surface area (Å²) < 4.78 is 2.20. The predicted molar refractivity (Wildman–Crippen MR) is 174 cm³/mol. The largest absolute Gasteiger partial charge is 0.308 e. The lowest BCUT2D eigenvalue weighted by Gasteiger charge is -2.32. The average molecular weight is 572 g/mol. The molecule has 0 radical (unpaired) electrons. The molecule has 0 saturated heterocycles. The first-order valence-corrected chi connectivity index (χ1v) is 14.9. The average Bonchev–Trinajstić information content (AvgIpc) is 3.49. The summed E-state index contributed by atoms with van der Waals surface area (Å²) in [5, 5.41) is 0. The van der Waals surface area contributed by atoms with E-state index in [0.29, 0.717) is 0 Å². The molecule has 0 spiro atoms. The minimum Gasteiger partial charge on any atom is -0.308 e. The van der Waals surface area contributed by atoms with Gasteiger partial charge in [0.2, 0.25) is 0 Å². The molecule has 0 atom stereocenters. The van der Waals surface area contributed by atoms with Gasteiger partial charge in [-0.2, -0.15) is 0 Å². The molecular formula is C37H25N5S. The van der Waals surface area contributed by atoms with Crippen molar-refractivity contribution in [1.82, 2.24) is 19.5 Å². The number of anilines is 3. The van der Waals surface area contributed by atoms with Gasteiger partial charge in [0.1, 0.15) is 17.2 Å². The minimum absolute atomic E-state index is 0.790. The predicted octanol–water partition coefficient (Wildman–Crippen LogP) is 9.60. The van der Waals surface area contributed by atoms with E-state index in [9.17, 15) is 0 Å². The van der Waals surface area contributed by atoms with Crippen LogP contribution in [0.25, 0.3) is 39.9 Å². The first-order chi connectivity index (χ1) is 21.3. The second kappa shape index (κ2) is 10.7. The van der Waals surface area contributed by atoms with Crippen LogP contribution in [0.15, 0.2) is 162 Å². The van der Waals surface area contributed by atoms with Crippen LogP contribution in [0.3, 0.4) is 0 Å². The molecule has 8 rings (SSSR count). The van der Waals surface area contributed by atoms with Crippen molar-refractivity contribution in [2.75, 3.05) is 4.90 Å². The maximum absolute atomic E-state index is 5.26. The van der Waals surface area contributed by atoms with E-state index in [0.717, 1.165) is 45.5 Å². The van der Waals surface area contributed by atoms with Gasteiger partial charge in [-0.15, -0.1) is 0 Å². The zero-order valence-electron chi connectivity index (χ0n) is 23.1. The third kappa shape index (κ3) is 4.49. The summed E-state index contributed by atoms with van der Waals surface area (Å²) in [7, 11) is 0. The first-order valence-electron chi connectivity index (χ1n) is 14.1. The normalized spacial score (nSPS) is 12.0. The quantitative estimate of drug-likeness (QED) is 0.206. The van der Waals surface area contributed by atoms with Crippen LogP contribution in [-0.2, 0) is 0 Å². The molecule has 6 heteroatoms. The molecule has 1 aliphatic rings. The molecular weight excluding hydrogens is 547 g/mol. The minimum atomic E-state index is 0.790. The van der Waals surface area contributed by atoms with Crippen molar-refractivity contribution in [3.63, 3.8) is 0 Å². The molecule has 0 saturated carbocycles. The van der Waals surface area contributed by atoms with E-state index in [1.807, 2.05) is 72.6 Å². The van der Waals surface area contributed by atoms with Gasteiger partial charge in [0, 0.05) is 39.1 Å². The summed E-state index contributed by atoms with van der Waals surface area (Å²) in [6, 6.07) is 48.1. The van der Waals surface area contributed by atoms with E-state index in [4.69, 9.17) is 9.97 Å². The molecule has 0 unspecified atom stereocenters. The summed E-state index contributed by atoms with van der Waals surface area (Å²) in [5.41, 5.74) is 8.79. The van der Waals surface area contributed by atoms with E-state index < -0.39 is 0 Å². The summed E-state index contributed by atoms with van der Waals surface area (Å²) in [5.74, 6) is 0.828. The molecule has 0 bridgehead atoms. The van der Waals surface area contributed by atoms with Gasteiger partial charge in [0.15, 0.2) is 0 Å². The van der Waals surface area contributed by atoms with Crippen molar-refractivity contribution < 1.29 is 0 Å². The molecule has 7 aromatic rings. The van der Waals surface area contributed by atoms with Crippen LogP contribution < -0.4 is 4.90 Å². The second-order valence-electron chi connectivity index (χ2n) is 10.2. The van der Waals surface area contributed by atoms with Gasteiger partial charge in [0.25, 0.3) is 0 Å². The Labute approximate surface area is 254 Å². The highest BCUT2D eigenvalue weighted by Gasteiger charge is 2.26. The SMILES string of the molecule is c1ccc(-n2c(-c3ccc(N4c5ccccc5Sc5ccccc54)cc3)nc(-c3ccccn3)c2-c2ccccn2)cc1. The van der Waals surface area contributed by atoms with Gasteiger partial charge in [-0.1, -0.05) is 66.4 Å². The zero-order chi connectivity index (χ0) is 28.6. The highest BCUT2D eigenvalue weighted by Crippen LogP contribution is 2.51. The van der Waals surface area contributed by atoms with Crippen LogP contribution in [0.2, 0.25) is 0 Å². The van der Waals surface area contributed by atoms with E-state index in [2.05, 4.69) is 99.4 Å². The summed E-state index contributed by atoms with van der Waals surface area (Å²) in [6.07, 6.45) is 3.63. The number of aromatic nitrogens is 4. The fourth-order valence-corrected chi connectivity index (χ4v) is 6.66. The topological polar surface area (TPSA) is 46.8 Å². The van der Waals surface area contributed by atoms with E-state index in [-0.39, 0.29) is 0 Å². The number of rotatable bonds is 5. The number of hydrogen-bond acceptors (Lipinski definition) is 5. The molecule has 0 N–H and O–H groups in total. The number of imidazole rings is 1. The molecule has 4 heterocycles. The number of fused-ring (bicyclic) bond motifs is 2. The number of para-hydroxylation sites is 3. The molecule has 1 aliphatic heterocycles. The Hall–Kier alpha value is -5.46. The fraction of sp³-hybridized carbons (Fsp3) is 0. The lowest BCUT2D eigenvalue weighted by atomic mass is 10.1. The Morgan fingerprint density at radius 3 is 1.70 bits per heavy atom. The van der Waals surface area contributed by atoms with Crippen molar-refractivity contribution in [3.05, 3.63) is 152 Å². The summed E-state index contributed by atoms with van der Waals surface area (Å²) >= 11 is 1.81. The zero-order valence-corrected chi connectivity index (χ0v) is 23.9. The third-order valence-electron chi connectivity index (χ3n) is 7.52. The van der Waals surface area contributed by atoms with Gasteiger partial charge >= 0.3 is 0 Å². The van der Waals surface area contributed by atoms with Crippen molar-refractivity contribution in [1.29, 1.82) is 0 Å². The number of nitrogens with zero attached hydrogens (tertiary/aromatic N) is 5. The van der Waals surface area contributed by atoms with Crippen LogP contribution in [0.4, 0.5) is 17.1 Å². The van der Waals surface area contributed by atoms with Gasteiger partial charge in [-0.05, 0) is 84.9 Å². The van der Waals surface area contributed by atoms with Gasteiger partial charge in [-0.25, -0.2) is 4.98 Å². The Kier molecular flexibility index (Phi) is 6.31. The molecule has 0 fully saturated rings. The monoisotopic (exact) mass is 571 g/mol. The highest BCUT2D eigenvalue weighted by atomic mass is 32.2. The first kappa shape index (κ1) is 25.3. The maximum Gasteiger partial charge on any atom is 0.145 e. The molecule has 0 aliphatic carbocycles. The smallest absolute Gasteiger partial charge is 0.145 e. The fourth-order valence-electron chi connectivity index (χ4n) is 5.61. The van der Waals surface area contributed by atoms with E-state index in [1.54, 1.807) is 6.20 Å². The van der Waals surface area contributed by atoms with Crippen LogP contribution in [0, 0.1) is 0 Å². The third-order valence-corrected chi connectivity index (χ3v) is 8.65. The van der Waals surface area contributed by atoms with Gasteiger partial charge in [0.05, 0.1) is 22.8 Å². The number of pyridine rings is 2. The van der Waals surface area contributed by atoms with Crippen LogP contribution in [-0.4, -0.2) is 19.5 Å². The molecule has 0 amide bonds. The van der Waals surface area contributed by atoms with E-state index in [1.165, 1.54) is 21.2 Å². The lowest BCUT2D eigenvalue weighted by molar-refractivity contribution is 1.06. The molecule has 43 heavy (non-hydrogen) atoms. The lowest BCUT2D eigenvalue weighted by Crippen LogP contribution is -2.14. The van der Waals surface area contributed by atoms with E-state index >= 15 is 0 Å². The Balaban J connectivity index is 1.32. The summed E-state index contributed by atoms with van der Waals surface area (Å²) in [4.78, 5) is 19.5. The van der Waals surface area contributed by atoms with Crippen molar-refractivity contribution in [3.8, 4) is 39.9 Å². The number of benzene rings is 4. The Morgan fingerprint density at radius 2 is 1.07 bits per heavy atom. The van der Waals surface area contributed by atoms with Crippen molar-refractivity contribution in [2.45, 2.75) is 9.79 Å². The molecule has 204 valence electrons. The second-order valence-corrected chi connectivity index (χ2v) is 11.2. The van der Waals surface area contributed by atoms with Crippen molar-refractivity contribution in [2.24, 2.45) is 0 Å². The Bertz CT molecular complexity index is 1990. The van der Waals surface area contributed by atoms with Gasteiger partial charge < -0.3 is 4.90 Å². The number of hydrogen-bond donors (Lipinski definition) is 0. The standard InChI is InChI=1S/C37H25N5S/c1-2-12-27(13-3-1)42-36(30-15-9-11-25-39-30)35(29-14-8-10-24-38-29)40-37(42)26-20-22-28(23-21-26)41-31-16-4-6-18-33(31)43-34-19-7-5-17-32(34)41/h1-25H. The van der Waals surface area contributed by atoms with Crippen LogP contribution in [0.5, 0.6) is 0 Å². The van der Waals surface area contributed by atoms with Crippen molar-refractivity contribution >= 4 is 28.8 Å². The molecule has 4 aromatic carbocycles. The molecule has 3 aromatic heterocycles. The molecule has 5 nitrogen and oxygen atoms in total. The Morgan fingerprint density at radius 1 is 0.488 bits per heavy atom. The summed E-state index contributed by atoms with van der Waals surface area (Å²) in [6.45, 7) is 0. The van der Waals surface area contributed by atoms with Crippen LogP contribution in [0.1, 0.15) is 0 Å². The van der Waals surface area contributed by atoms with Crippen LogP contribution >= 0.6 is 11.8 Å². The highest BCUT2D eigenvalue weighted by molar-refractivity contribution is 7.99. The van der Waals surface area contributed by atoms with Gasteiger partial charge in [-0.3, -0.25) is 14.5 Å². The maximum atomic E-state index is 5.26.